The van der Waals surface area contributed by atoms with Crippen LogP contribution in [-0.2, 0) is 11.3 Å². The van der Waals surface area contributed by atoms with Crippen LogP contribution in [0.3, 0.4) is 0 Å². The Morgan fingerprint density at radius 2 is 2.39 bits per heavy atom. The lowest BCUT2D eigenvalue weighted by Crippen LogP contribution is -2.36. The molecule has 1 aliphatic heterocycles. The molecule has 1 saturated heterocycles. The third-order valence-corrected chi connectivity index (χ3v) is 3.47. The second-order valence-corrected chi connectivity index (χ2v) is 5.24. The molecule has 6 heteroatoms. The Balaban J connectivity index is 2.03. The van der Waals surface area contributed by atoms with Gasteiger partial charge in [-0.15, -0.1) is 0 Å². The smallest absolute Gasteiger partial charge is 0.273 e. The molecular formula is C12H15BrN2O3. The highest BCUT2D eigenvalue weighted by Crippen LogP contribution is 2.23. The Hall–Kier alpha value is -0.980. The molecular weight excluding hydrogens is 300 g/mol. The van der Waals surface area contributed by atoms with Crippen LogP contribution in [0.5, 0.6) is 0 Å². The van der Waals surface area contributed by atoms with Gasteiger partial charge in [-0.1, -0.05) is 15.9 Å². The highest BCUT2D eigenvalue weighted by molar-refractivity contribution is 9.10. The second-order valence-electron chi connectivity index (χ2n) is 4.33. The van der Waals surface area contributed by atoms with Crippen LogP contribution in [0, 0.1) is 10.1 Å². The van der Waals surface area contributed by atoms with Gasteiger partial charge >= 0.3 is 0 Å². The monoisotopic (exact) mass is 314 g/mol. The van der Waals surface area contributed by atoms with Crippen LogP contribution >= 0.6 is 15.9 Å². The minimum atomic E-state index is -0.346. The predicted octanol–water partition coefficient (Wildman–Crippen LogP) is 2.63. The molecule has 2 rings (SSSR count). The number of nitro benzene ring substituents is 1. The normalized spacial score (nSPS) is 19.7. The summed E-state index contributed by atoms with van der Waals surface area (Å²) >= 11 is 3.34. The fourth-order valence-electron chi connectivity index (χ4n) is 2.03. The van der Waals surface area contributed by atoms with Gasteiger partial charge in [0.1, 0.15) is 0 Å². The molecule has 0 spiro atoms. The van der Waals surface area contributed by atoms with Crippen molar-refractivity contribution in [3.05, 3.63) is 38.3 Å². The van der Waals surface area contributed by atoms with E-state index < -0.39 is 0 Å². The molecule has 1 atom stereocenters. The topological polar surface area (TPSA) is 64.4 Å². The van der Waals surface area contributed by atoms with E-state index in [9.17, 15) is 10.1 Å². The molecule has 18 heavy (non-hydrogen) atoms. The zero-order valence-electron chi connectivity index (χ0n) is 9.89. The molecule has 0 bridgehead atoms. The summed E-state index contributed by atoms with van der Waals surface area (Å²) in [5.41, 5.74) is 0.849. The number of nitrogens with one attached hydrogen (secondary N) is 1. The minimum Gasteiger partial charge on any atom is -0.380 e. The first-order valence-corrected chi connectivity index (χ1v) is 6.70. The highest BCUT2D eigenvalue weighted by Gasteiger charge is 2.17. The Morgan fingerprint density at radius 3 is 3.06 bits per heavy atom. The molecule has 98 valence electrons. The summed E-state index contributed by atoms with van der Waals surface area (Å²) in [5.74, 6) is 0. The van der Waals surface area contributed by atoms with E-state index in [-0.39, 0.29) is 16.7 Å². The maximum absolute atomic E-state index is 10.9. The van der Waals surface area contributed by atoms with Gasteiger partial charge in [-0.05, 0) is 25.0 Å². The number of nitrogens with zero attached hydrogens (tertiary/aromatic N) is 1. The van der Waals surface area contributed by atoms with E-state index in [1.807, 2.05) is 0 Å². The van der Waals surface area contributed by atoms with Crippen LogP contribution in [0.25, 0.3) is 0 Å². The van der Waals surface area contributed by atoms with E-state index in [1.165, 1.54) is 6.07 Å². The molecule has 1 fully saturated rings. The molecule has 1 unspecified atom stereocenters. The fraction of sp³-hybridized carbons (Fsp3) is 0.500. The molecule has 0 radical (unpaired) electrons. The Kier molecular flexibility index (Phi) is 4.68. The first-order chi connectivity index (χ1) is 8.66. The third kappa shape index (κ3) is 3.51. The van der Waals surface area contributed by atoms with E-state index in [1.54, 1.807) is 12.1 Å². The number of nitro groups is 1. The van der Waals surface area contributed by atoms with Crippen LogP contribution in [0.1, 0.15) is 18.4 Å². The predicted molar refractivity (Wildman–Crippen MR) is 71.5 cm³/mol. The quantitative estimate of drug-likeness (QED) is 0.685. The number of halogens is 1. The fourth-order valence-corrected chi connectivity index (χ4v) is 2.44. The van der Waals surface area contributed by atoms with Gasteiger partial charge in [-0.3, -0.25) is 10.1 Å². The highest BCUT2D eigenvalue weighted by atomic mass is 79.9. The SMILES string of the molecule is O=[N+]([O-])c1ccc(Br)cc1CNC1CCCOC1. The number of benzene rings is 1. The Labute approximate surface area is 114 Å². The standard InChI is InChI=1S/C12H15BrN2O3/c13-10-3-4-12(15(16)17)9(6-10)7-14-11-2-1-5-18-8-11/h3-4,6,11,14H,1-2,5,7-8H2. The van der Waals surface area contributed by atoms with Gasteiger partial charge in [0, 0.05) is 35.3 Å². The average Bonchev–Trinajstić information content (AvgIpc) is 2.37. The Bertz CT molecular complexity index is 433. The van der Waals surface area contributed by atoms with Gasteiger partial charge in [0.2, 0.25) is 0 Å². The minimum absolute atomic E-state index is 0.155. The van der Waals surface area contributed by atoms with Gasteiger partial charge in [0.05, 0.1) is 11.5 Å². The van der Waals surface area contributed by atoms with E-state index in [0.29, 0.717) is 18.7 Å². The van der Waals surface area contributed by atoms with E-state index >= 15 is 0 Å². The van der Waals surface area contributed by atoms with Gasteiger partial charge in [0.25, 0.3) is 5.69 Å². The summed E-state index contributed by atoms with van der Waals surface area (Å²) in [7, 11) is 0. The van der Waals surface area contributed by atoms with Crippen LogP contribution in [0.4, 0.5) is 5.69 Å². The molecule has 0 saturated carbocycles. The van der Waals surface area contributed by atoms with Crippen molar-refractivity contribution in [1.82, 2.24) is 5.32 Å². The van der Waals surface area contributed by atoms with Crippen molar-refractivity contribution < 1.29 is 9.66 Å². The molecule has 0 amide bonds. The second kappa shape index (κ2) is 6.26. The third-order valence-electron chi connectivity index (χ3n) is 2.98. The first-order valence-electron chi connectivity index (χ1n) is 5.91. The van der Waals surface area contributed by atoms with Crippen molar-refractivity contribution in [2.45, 2.75) is 25.4 Å². The number of ether oxygens (including phenoxy) is 1. The lowest BCUT2D eigenvalue weighted by atomic mass is 10.1. The summed E-state index contributed by atoms with van der Waals surface area (Å²) in [6, 6.07) is 5.29. The van der Waals surface area contributed by atoms with Crippen LogP contribution in [0.2, 0.25) is 0 Å². The van der Waals surface area contributed by atoms with Gasteiger partial charge in [-0.2, -0.15) is 0 Å². The van der Waals surface area contributed by atoms with E-state index in [4.69, 9.17) is 4.74 Å². The summed E-state index contributed by atoms with van der Waals surface area (Å²) in [5, 5.41) is 14.2. The van der Waals surface area contributed by atoms with Crippen molar-refractivity contribution in [2.75, 3.05) is 13.2 Å². The largest absolute Gasteiger partial charge is 0.380 e. The number of hydrogen-bond donors (Lipinski definition) is 1. The number of hydrogen-bond acceptors (Lipinski definition) is 4. The molecule has 0 aromatic heterocycles. The summed E-state index contributed by atoms with van der Waals surface area (Å²) in [4.78, 5) is 10.6. The van der Waals surface area contributed by atoms with Crippen LogP contribution in [0.15, 0.2) is 22.7 Å². The van der Waals surface area contributed by atoms with Crippen LogP contribution in [-0.4, -0.2) is 24.2 Å². The summed E-state index contributed by atoms with van der Waals surface area (Å²) in [6.45, 7) is 1.99. The molecule has 1 aliphatic rings. The van der Waals surface area contributed by atoms with Crippen molar-refractivity contribution in [3.8, 4) is 0 Å². The van der Waals surface area contributed by atoms with Crippen molar-refractivity contribution in [2.24, 2.45) is 0 Å². The lowest BCUT2D eigenvalue weighted by Gasteiger charge is -2.23. The van der Waals surface area contributed by atoms with Crippen molar-refractivity contribution in [1.29, 1.82) is 0 Å². The zero-order chi connectivity index (χ0) is 13.0. The molecule has 1 N–H and O–H groups in total. The van der Waals surface area contributed by atoms with Gasteiger partial charge in [-0.25, -0.2) is 0 Å². The van der Waals surface area contributed by atoms with E-state index in [2.05, 4.69) is 21.2 Å². The molecule has 0 aliphatic carbocycles. The number of rotatable bonds is 4. The van der Waals surface area contributed by atoms with Crippen LogP contribution < -0.4 is 5.32 Å². The summed E-state index contributed by atoms with van der Waals surface area (Å²) in [6.07, 6.45) is 2.10. The average molecular weight is 315 g/mol. The van der Waals surface area contributed by atoms with Crippen molar-refractivity contribution in [3.63, 3.8) is 0 Å². The maximum atomic E-state index is 10.9. The first kappa shape index (κ1) is 13.5. The lowest BCUT2D eigenvalue weighted by molar-refractivity contribution is -0.385. The summed E-state index contributed by atoms with van der Waals surface area (Å²) < 4.78 is 6.22. The molecule has 1 aromatic carbocycles. The van der Waals surface area contributed by atoms with Gasteiger partial charge in [0.15, 0.2) is 0 Å². The molecule has 1 heterocycles. The van der Waals surface area contributed by atoms with Crippen molar-refractivity contribution >= 4 is 21.6 Å². The molecule has 1 aromatic rings. The maximum Gasteiger partial charge on any atom is 0.273 e. The van der Waals surface area contributed by atoms with Gasteiger partial charge < -0.3 is 10.1 Å². The Morgan fingerprint density at radius 1 is 1.56 bits per heavy atom. The molecule has 5 nitrogen and oxygen atoms in total. The van der Waals surface area contributed by atoms with E-state index in [0.717, 1.165) is 23.9 Å². The zero-order valence-corrected chi connectivity index (χ0v) is 11.5.